The summed E-state index contributed by atoms with van der Waals surface area (Å²) in [6.07, 6.45) is 0. The zero-order chi connectivity index (χ0) is 19.0. The van der Waals surface area contributed by atoms with Crippen LogP contribution >= 0.6 is 0 Å². The van der Waals surface area contributed by atoms with E-state index in [4.69, 9.17) is 9.47 Å². The Morgan fingerprint density at radius 3 is 2.26 bits per heavy atom. The van der Waals surface area contributed by atoms with Crippen LogP contribution in [-0.2, 0) is 9.47 Å². The molecule has 0 saturated carbocycles. The molecule has 4 aromatic rings. The lowest BCUT2D eigenvalue weighted by Crippen LogP contribution is -2.10. The number of rotatable bonds is 3. The van der Waals surface area contributed by atoms with Crippen LogP contribution in [0.1, 0.15) is 20.8 Å². The fourth-order valence-electron chi connectivity index (χ4n) is 3.24. The summed E-state index contributed by atoms with van der Waals surface area (Å²) in [5.74, 6) is -1.33. The van der Waals surface area contributed by atoms with Crippen LogP contribution in [0.4, 0.5) is 0 Å². The van der Waals surface area contributed by atoms with Crippen molar-refractivity contribution in [3.8, 4) is 11.3 Å². The first kappa shape index (κ1) is 16.8. The molecule has 0 unspecified atom stereocenters. The molecular weight excluding hydrogens is 344 g/mol. The van der Waals surface area contributed by atoms with Crippen molar-refractivity contribution in [3.63, 3.8) is 0 Å². The first-order valence-corrected chi connectivity index (χ1v) is 8.32. The molecular formula is C21H16N2O4. The van der Waals surface area contributed by atoms with Gasteiger partial charge in [0.1, 0.15) is 5.56 Å². The number of methoxy groups -OCH3 is 2. The molecule has 0 aliphatic heterocycles. The molecule has 0 atom stereocenters. The molecule has 0 aliphatic carbocycles. The number of esters is 2. The molecule has 0 spiro atoms. The summed E-state index contributed by atoms with van der Waals surface area (Å²) in [7, 11) is 2.53. The molecule has 4 rings (SSSR count). The number of carbonyl (C=O) groups is 2. The summed E-state index contributed by atoms with van der Waals surface area (Å²) in [6.45, 7) is 0. The van der Waals surface area contributed by atoms with Gasteiger partial charge in [-0.15, -0.1) is 0 Å². The van der Waals surface area contributed by atoms with Crippen LogP contribution in [0.15, 0.2) is 60.7 Å². The van der Waals surface area contributed by atoms with Gasteiger partial charge in [-0.3, -0.25) is 0 Å². The van der Waals surface area contributed by atoms with Crippen molar-refractivity contribution < 1.29 is 19.1 Å². The Labute approximate surface area is 154 Å². The summed E-state index contributed by atoms with van der Waals surface area (Å²) in [4.78, 5) is 24.8. The van der Waals surface area contributed by atoms with Gasteiger partial charge in [-0.1, -0.05) is 54.6 Å². The third-order valence-electron chi connectivity index (χ3n) is 4.46. The zero-order valence-electron chi connectivity index (χ0n) is 14.8. The van der Waals surface area contributed by atoms with E-state index in [0.29, 0.717) is 5.52 Å². The molecule has 6 nitrogen and oxygen atoms in total. The third-order valence-corrected chi connectivity index (χ3v) is 4.46. The number of hydrogen-bond donors (Lipinski definition) is 0. The van der Waals surface area contributed by atoms with E-state index in [1.165, 1.54) is 14.2 Å². The minimum atomic E-state index is -0.692. The number of fused-ring (bicyclic) bond motifs is 3. The standard InChI is InChI=1S/C21H16N2O4/c1-26-20(24)17-18(21(25)27-2)22-23-16(13-8-4-3-5-9-13)12-14-10-6-7-11-15(14)19(17)23/h3-12H,1-2H3. The average Bonchev–Trinajstić information content (AvgIpc) is 3.13. The van der Waals surface area contributed by atoms with E-state index in [9.17, 15) is 9.59 Å². The molecule has 2 aromatic heterocycles. The van der Waals surface area contributed by atoms with E-state index in [0.717, 1.165) is 22.0 Å². The van der Waals surface area contributed by atoms with Crippen LogP contribution < -0.4 is 0 Å². The number of pyridine rings is 1. The molecule has 0 N–H and O–H groups in total. The van der Waals surface area contributed by atoms with E-state index in [2.05, 4.69) is 5.10 Å². The topological polar surface area (TPSA) is 69.9 Å². The highest BCUT2D eigenvalue weighted by atomic mass is 16.5. The Hall–Kier alpha value is -3.67. The molecule has 0 amide bonds. The molecule has 0 bridgehead atoms. The maximum Gasteiger partial charge on any atom is 0.359 e. The summed E-state index contributed by atoms with van der Waals surface area (Å²) >= 11 is 0. The Morgan fingerprint density at radius 2 is 1.56 bits per heavy atom. The van der Waals surface area contributed by atoms with Crippen molar-refractivity contribution >= 4 is 28.2 Å². The Morgan fingerprint density at radius 1 is 0.889 bits per heavy atom. The maximum absolute atomic E-state index is 12.5. The van der Waals surface area contributed by atoms with Gasteiger partial charge in [-0.2, -0.15) is 5.10 Å². The third kappa shape index (κ3) is 2.62. The molecule has 0 fully saturated rings. The number of carbonyl (C=O) groups excluding carboxylic acids is 2. The van der Waals surface area contributed by atoms with Crippen molar-refractivity contribution in [2.75, 3.05) is 14.2 Å². The predicted molar refractivity (Wildman–Crippen MR) is 101 cm³/mol. The van der Waals surface area contributed by atoms with E-state index >= 15 is 0 Å². The zero-order valence-corrected chi connectivity index (χ0v) is 14.8. The molecule has 134 valence electrons. The Kier molecular flexibility index (Phi) is 4.08. The van der Waals surface area contributed by atoms with Crippen molar-refractivity contribution in [2.45, 2.75) is 0 Å². The number of ether oxygens (including phenoxy) is 2. The smallest absolute Gasteiger partial charge is 0.359 e. The minimum absolute atomic E-state index is 0.0714. The Balaban J connectivity index is 2.22. The summed E-state index contributed by atoms with van der Waals surface area (Å²) in [6, 6.07) is 19.3. The van der Waals surface area contributed by atoms with Crippen molar-refractivity contribution in [1.82, 2.24) is 9.61 Å². The van der Waals surface area contributed by atoms with E-state index in [1.54, 1.807) is 4.52 Å². The Bertz CT molecular complexity index is 1180. The van der Waals surface area contributed by atoms with E-state index in [-0.39, 0.29) is 11.3 Å². The van der Waals surface area contributed by atoms with Crippen molar-refractivity contribution in [2.24, 2.45) is 0 Å². The first-order chi connectivity index (χ1) is 13.2. The van der Waals surface area contributed by atoms with Gasteiger partial charge < -0.3 is 9.47 Å². The number of nitrogens with zero attached hydrogens (tertiary/aromatic N) is 2. The quantitative estimate of drug-likeness (QED) is 0.521. The maximum atomic E-state index is 12.5. The fraction of sp³-hybridized carbons (Fsp3) is 0.0952. The lowest BCUT2D eigenvalue weighted by atomic mass is 10.0. The normalized spacial score (nSPS) is 10.9. The van der Waals surface area contributed by atoms with Crippen molar-refractivity contribution in [1.29, 1.82) is 0 Å². The van der Waals surface area contributed by atoms with Gasteiger partial charge in [-0.05, 0) is 11.5 Å². The number of aromatic nitrogens is 2. The molecule has 0 aliphatic rings. The van der Waals surface area contributed by atoms with Gasteiger partial charge in [0.05, 0.1) is 25.4 Å². The monoisotopic (exact) mass is 360 g/mol. The van der Waals surface area contributed by atoms with Gasteiger partial charge >= 0.3 is 11.9 Å². The molecule has 0 radical (unpaired) electrons. The van der Waals surface area contributed by atoms with Crippen LogP contribution in [-0.4, -0.2) is 35.8 Å². The van der Waals surface area contributed by atoms with E-state index < -0.39 is 11.9 Å². The SMILES string of the molecule is COC(=O)c1nn2c(-c3ccccc3)cc3ccccc3c2c1C(=O)OC. The molecule has 27 heavy (non-hydrogen) atoms. The van der Waals surface area contributed by atoms with Gasteiger partial charge in [0.25, 0.3) is 0 Å². The van der Waals surface area contributed by atoms with Gasteiger partial charge in [0.15, 0.2) is 5.69 Å². The molecule has 2 aromatic carbocycles. The fourth-order valence-corrected chi connectivity index (χ4v) is 3.24. The second-order valence-corrected chi connectivity index (χ2v) is 5.95. The summed E-state index contributed by atoms with van der Waals surface area (Å²) in [5.41, 5.74) is 2.20. The van der Waals surface area contributed by atoms with Crippen molar-refractivity contribution in [3.05, 3.63) is 71.9 Å². The van der Waals surface area contributed by atoms with Gasteiger partial charge in [0, 0.05) is 10.9 Å². The lowest BCUT2D eigenvalue weighted by molar-refractivity contribution is 0.0553. The summed E-state index contributed by atoms with van der Waals surface area (Å²) < 4.78 is 11.4. The second kappa shape index (κ2) is 6.57. The van der Waals surface area contributed by atoms with Gasteiger partial charge in [0.2, 0.25) is 0 Å². The van der Waals surface area contributed by atoms with Crippen LogP contribution in [0.2, 0.25) is 0 Å². The highest BCUT2D eigenvalue weighted by molar-refractivity contribution is 6.14. The van der Waals surface area contributed by atoms with Crippen LogP contribution in [0.3, 0.4) is 0 Å². The minimum Gasteiger partial charge on any atom is -0.465 e. The van der Waals surface area contributed by atoms with E-state index in [1.807, 2.05) is 60.7 Å². The van der Waals surface area contributed by atoms with Gasteiger partial charge in [-0.25, -0.2) is 14.1 Å². The first-order valence-electron chi connectivity index (χ1n) is 8.32. The molecule has 2 heterocycles. The number of benzene rings is 2. The van der Waals surface area contributed by atoms with Crippen LogP contribution in [0, 0.1) is 0 Å². The highest BCUT2D eigenvalue weighted by Crippen LogP contribution is 2.32. The number of hydrogen-bond acceptors (Lipinski definition) is 5. The largest absolute Gasteiger partial charge is 0.465 e. The predicted octanol–water partition coefficient (Wildman–Crippen LogP) is 3.73. The average molecular weight is 360 g/mol. The molecule has 0 saturated heterocycles. The second-order valence-electron chi connectivity index (χ2n) is 5.95. The lowest BCUT2D eigenvalue weighted by Gasteiger charge is -2.09. The molecule has 6 heteroatoms. The highest BCUT2D eigenvalue weighted by Gasteiger charge is 2.28. The van der Waals surface area contributed by atoms with Crippen LogP contribution in [0.5, 0.6) is 0 Å². The van der Waals surface area contributed by atoms with Crippen LogP contribution in [0.25, 0.3) is 27.5 Å². The summed E-state index contributed by atoms with van der Waals surface area (Å²) in [5, 5.41) is 6.13.